The lowest BCUT2D eigenvalue weighted by Gasteiger charge is -2.08. The van der Waals surface area contributed by atoms with E-state index in [2.05, 4.69) is 17.3 Å². The molecule has 0 aliphatic heterocycles. The Morgan fingerprint density at radius 1 is 1.38 bits per heavy atom. The fourth-order valence-corrected chi connectivity index (χ4v) is 2.93. The smallest absolute Gasteiger partial charge is 0.272 e. The van der Waals surface area contributed by atoms with Gasteiger partial charge in [0.15, 0.2) is 0 Å². The Labute approximate surface area is 127 Å². The van der Waals surface area contributed by atoms with E-state index in [0.29, 0.717) is 0 Å². The maximum Gasteiger partial charge on any atom is 0.272 e. The predicted octanol–water partition coefficient (Wildman–Crippen LogP) is 3.61. The number of aromatic nitrogens is 2. The second kappa shape index (κ2) is 6.62. The van der Waals surface area contributed by atoms with Crippen LogP contribution in [0.2, 0.25) is 0 Å². The molecule has 0 saturated carbocycles. The third-order valence-corrected chi connectivity index (χ3v) is 3.93. The molecule has 0 unspecified atom stereocenters. The first-order valence-corrected chi connectivity index (χ1v) is 7.53. The zero-order valence-corrected chi connectivity index (χ0v) is 13.1. The monoisotopic (exact) mass is 306 g/mol. The Kier molecular flexibility index (Phi) is 4.85. The summed E-state index contributed by atoms with van der Waals surface area (Å²) in [6.45, 7) is 4.76. The largest absolute Gasteiger partial charge is 0.385 e. The number of rotatable bonds is 6. The van der Waals surface area contributed by atoms with Gasteiger partial charge in [0, 0.05) is 36.3 Å². The number of hydrogen-bond acceptors (Lipinski definition) is 5. The molecule has 1 aromatic carbocycles. The van der Waals surface area contributed by atoms with Crippen LogP contribution in [0.25, 0.3) is 0 Å². The van der Waals surface area contributed by atoms with Gasteiger partial charge in [0.05, 0.1) is 15.6 Å². The van der Waals surface area contributed by atoms with Crippen LogP contribution in [-0.4, -0.2) is 21.2 Å². The Balaban J connectivity index is 2.30. The van der Waals surface area contributed by atoms with Crippen LogP contribution >= 0.6 is 11.8 Å². The quantitative estimate of drug-likeness (QED) is 0.652. The molecule has 0 atom stereocenters. The van der Waals surface area contributed by atoms with Crippen molar-refractivity contribution in [3.63, 3.8) is 0 Å². The highest BCUT2D eigenvalue weighted by Crippen LogP contribution is 2.33. The number of aryl methyl sites for hydroxylation is 2. The van der Waals surface area contributed by atoms with Crippen molar-refractivity contribution in [2.75, 3.05) is 11.9 Å². The molecule has 0 saturated heterocycles. The van der Waals surface area contributed by atoms with Crippen molar-refractivity contribution in [1.82, 2.24) is 9.78 Å². The van der Waals surface area contributed by atoms with Crippen LogP contribution in [0, 0.1) is 17.0 Å². The molecule has 0 amide bonds. The van der Waals surface area contributed by atoms with Gasteiger partial charge >= 0.3 is 0 Å². The van der Waals surface area contributed by atoms with E-state index < -0.39 is 0 Å². The first-order chi connectivity index (χ1) is 9.99. The van der Waals surface area contributed by atoms with E-state index in [0.717, 1.165) is 34.3 Å². The summed E-state index contributed by atoms with van der Waals surface area (Å²) in [5, 5.41) is 19.5. The van der Waals surface area contributed by atoms with Crippen molar-refractivity contribution in [1.29, 1.82) is 0 Å². The molecule has 7 heteroatoms. The summed E-state index contributed by atoms with van der Waals surface area (Å²) in [5.41, 5.74) is 1.79. The van der Waals surface area contributed by atoms with Crippen LogP contribution in [0.3, 0.4) is 0 Å². The molecule has 2 aromatic rings. The minimum atomic E-state index is -0.365. The van der Waals surface area contributed by atoms with Crippen molar-refractivity contribution in [2.24, 2.45) is 7.05 Å². The van der Waals surface area contributed by atoms with E-state index in [1.54, 1.807) is 16.8 Å². The predicted molar refractivity (Wildman–Crippen MR) is 83.9 cm³/mol. The van der Waals surface area contributed by atoms with E-state index in [9.17, 15) is 10.1 Å². The fraction of sp³-hybridized carbons (Fsp3) is 0.357. The van der Waals surface area contributed by atoms with Gasteiger partial charge in [-0.2, -0.15) is 5.10 Å². The zero-order chi connectivity index (χ0) is 15.4. The molecule has 0 bridgehead atoms. The van der Waals surface area contributed by atoms with Crippen molar-refractivity contribution in [3.05, 3.63) is 40.1 Å². The Morgan fingerprint density at radius 2 is 2.14 bits per heavy atom. The zero-order valence-electron chi connectivity index (χ0n) is 12.3. The summed E-state index contributed by atoms with van der Waals surface area (Å²) in [4.78, 5) is 11.5. The SMILES string of the molecule is CCCNc1cc(Sc2cc(C)nn2C)cc([N+](=O)[O-])c1. The Bertz CT molecular complexity index is 654. The lowest BCUT2D eigenvalue weighted by Crippen LogP contribution is -2.01. The summed E-state index contributed by atoms with van der Waals surface area (Å²) in [7, 11) is 1.86. The molecule has 0 aliphatic carbocycles. The third-order valence-electron chi connectivity index (χ3n) is 2.86. The van der Waals surface area contributed by atoms with Gasteiger partial charge in [0.1, 0.15) is 0 Å². The van der Waals surface area contributed by atoms with Crippen LogP contribution in [-0.2, 0) is 7.05 Å². The van der Waals surface area contributed by atoms with Crippen LogP contribution in [0.5, 0.6) is 0 Å². The van der Waals surface area contributed by atoms with Crippen molar-refractivity contribution in [3.8, 4) is 0 Å². The van der Waals surface area contributed by atoms with Crippen LogP contribution in [0.15, 0.2) is 34.2 Å². The standard InChI is InChI=1S/C14H18N4O2S/c1-4-5-15-11-7-12(18(19)20)9-13(8-11)21-14-6-10(2)16-17(14)3/h6-9,15H,4-5H2,1-3H3. The second-order valence-electron chi connectivity index (χ2n) is 4.75. The Morgan fingerprint density at radius 3 is 2.71 bits per heavy atom. The molecule has 112 valence electrons. The summed E-state index contributed by atoms with van der Waals surface area (Å²) >= 11 is 1.47. The minimum Gasteiger partial charge on any atom is -0.385 e. The fourth-order valence-electron chi connectivity index (χ4n) is 1.92. The number of anilines is 1. The van der Waals surface area contributed by atoms with E-state index >= 15 is 0 Å². The van der Waals surface area contributed by atoms with E-state index in [1.807, 2.05) is 26.1 Å². The second-order valence-corrected chi connectivity index (χ2v) is 5.84. The first kappa shape index (κ1) is 15.4. The molecule has 21 heavy (non-hydrogen) atoms. The first-order valence-electron chi connectivity index (χ1n) is 6.71. The van der Waals surface area contributed by atoms with Crippen LogP contribution in [0.1, 0.15) is 19.0 Å². The van der Waals surface area contributed by atoms with Crippen LogP contribution in [0.4, 0.5) is 11.4 Å². The van der Waals surface area contributed by atoms with Gasteiger partial charge in [-0.1, -0.05) is 18.7 Å². The molecule has 0 fully saturated rings. The highest BCUT2D eigenvalue weighted by atomic mass is 32.2. The van der Waals surface area contributed by atoms with E-state index in [1.165, 1.54) is 11.8 Å². The molecule has 1 aromatic heterocycles. The number of hydrogen-bond donors (Lipinski definition) is 1. The molecule has 1 N–H and O–H groups in total. The molecule has 0 spiro atoms. The summed E-state index contributed by atoms with van der Waals surface area (Å²) < 4.78 is 1.78. The Hall–Kier alpha value is -2.02. The van der Waals surface area contributed by atoms with Gasteiger partial charge < -0.3 is 5.32 Å². The lowest BCUT2D eigenvalue weighted by atomic mass is 10.2. The van der Waals surface area contributed by atoms with E-state index in [4.69, 9.17) is 0 Å². The highest BCUT2D eigenvalue weighted by Gasteiger charge is 2.12. The minimum absolute atomic E-state index is 0.0949. The van der Waals surface area contributed by atoms with E-state index in [-0.39, 0.29) is 10.6 Å². The number of nitro groups is 1. The molecular weight excluding hydrogens is 288 g/mol. The van der Waals surface area contributed by atoms with Crippen molar-refractivity contribution >= 4 is 23.1 Å². The van der Waals surface area contributed by atoms with Gasteiger partial charge in [0.25, 0.3) is 5.69 Å². The van der Waals surface area contributed by atoms with Gasteiger partial charge in [-0.05, 0) is 25.5 Å². The number of benzene rings is 1. The van der Waals surface area contributed by atoms with Gasteiger partial charge in [0.2, 0.25) is 0 Å². The summed E-state index contributed by atoms with van der Waals surface area (Å²) in [6.07, 6.45) is 0.964. The average Bonchev–Trinajstić information content (AvgIpc) is 2.74. The number of nitro benzene ring substituents is 1. The van der Waals surface area contributed by atoms with Gasteiger partial charge in [-0.15, -0.1) is 0 Å². The molecular formula is C14H18N4O2S. The highest BCUT2D eigenvalue weighted by molar-refractivity contribution is 7.99. The number of nitrogens with one attached hydrogen (secondary N) is 1. The maximum absolute atomic E-state index is 11.1. The van der Waals surface area contributed by atoms with Crippen molar-refractivity contribution in [2.45, 2.75) is 30.2 Å². The van der Waals surface area contributed by atoms with Gasteiger partial charge in [-0.3, -0.25) is 14.8 Å². The average molecular weight is 306 g/mol. The molecule has 0 aliphatic rings. The van der Waals surface area contributed by atoms with Crippen LogP contribution < -0.4 is 5.32 Å². The molecule has 1 heterocycles. The molecule has 6 nitrogen and oxygen atoms in total. The molecule has 0 radical (unpaired) electrons. The summed E-state index contributed by atoms with van der Waals surface area (Å²) in [6, 6.07) is 7.04. The topological polar surface area (TPSA) is 73.0 Å². The number of non-ortho nitro benzene ring substituents is 1. The van der Waals surface area contributed by atoms with Crippen molar-refractivity contribution < 1.29 is 4.92 Å². The normalized spacial score (nSPS) is 10.6. The summed E-state index contributed by atoms with van der Waals surface area (Å²) in [5.74, 6) is 0. The number of nitrogens with zero attached hydrogens (tertiary/aromatic N) is 3. The lowest BCUT2D eigenvalue weighted by molar-refractivity contribution is -0.385. The third kappa shape index (κ3) is 3.98. The maximum atomic E-state index is 11.1. The van der Waals surface area contributed by atoms with Gasteiger partial charge in [-0.25, -0.2) is 0 Å². The molecule has 2 rings (SSSR count).